The Hall–Kier alpha value is -4.30. The van der Waals surface area contributed by atoms with E-state index >= 15 is 0 Å². The molecule has 2 nitrogen and oxygen atoms in total. The zero-order valence-corrected chi connectivity index (χ0v) is 19.4. The molecule has 7 rings (SSSR count). The topological polar surface area (TPSA) is 9.86 Å². The fourth-order valence-electron chi connectivity index (χ4n) is 4.72. The van der Waals surface area contributed by atoms with Gasteiger partial charge in [0.2, 0.25) is 0 Å². The standard InChI is InChI=1S/C34H28N2/c1-34(2,3)33-31(35-27-17-8-4-13-23(27)24-14-5-9-18-28(24)35)21-12-22-32(33)36-29-19-10-6-15-25(29)26-16-7-11-20-30(26)36/h4-22H,1-3H3/i4D,5D,6D,7D,8D,9D,10D,11D,12D,13D,14D,15D,16D,17D,18D,19D,20D,21D,22D. The summed E-state index contributed by atoms with van der Waals surface area (Å²) in [5.74, 6) is 0. The molecule has 0 aliphatic carbocycles. The third kappa shape index (κ3) is 2.91. The van der Waals surface area contributed by atoms with E-state index in [9.17, 15) is 2.74 Å². The predicted octanol–water partition coefficient (Wildman–Crippen LogP) is 9.18. The minimum absolute atomic E-state index is 0.0873. The molecule has 0 aliphatic heterocycles. The van der Waals surface area contributed by atoms with Crippen molar-refractivity contribution in [2.24, 2.45) is 0 Å². The first kappa shape index (κ1) is 9.29. The lowest BCUT2D eigenvalue weighted by molar-refractivity contribution is 0.584. The zero-order chi connectivity index (χ0) is 41.0. The smallest absolute Gasteiger partial charge is 0.0645 e. The molecule has 2 heterocycles. The molecule has 5 aromatic carbocycles. The van der Waals surface area contributed by atoms with E-state index in [1.54, 1.807) is 20.8 Å². The van der Waals surface area contributed by atoms with E-state index < -0.39 is 120 Å². The summed E-state index contributed by atoms with van der Waals surface area (Å²) < 4.78 is 170. The van der Waals surface area contributed by atoms with E-state index in [2.05, 4.69) is 0 Å². The van der Waals surface area contributed by atoms with Crippen molar-refractivity contribution in [3.05, 3.63) is 120 Å². The summed E-state index contributed by atoms with van der Waals surface area (Å²) in [5.41, 5.74) is -3.60. The SMILES string of the molecule is [2H]c1c([2H])c(-n2c3c([2H])c([2H])c([2H])c([2H])c3c3c([2H])c([2H])c([2H])c([2H])c32)c(C(C)(C)C)c(-n2c3c([2H])c([2H])c([2H])c([2H])c3c3c([2H])c([2H])c([2H])c([2H])c32)c1[2H]. The highest BCUT2D eigenvalue weighted by molar-refractivity contribution is 6.10. The first-order chi connectivity index (χ1) is 25.4. The molecule has 0 spiro atoms. The van der Waals surface area contributed by atoms with Crippen LogP contribution in [0.3, 0.4) is 0 Å². The van der Waals surface area contributed by atoms with E-state index in [-0.39, 0.29) is 60.5 Å². The van der Waals surface area contributed by atoms with Crippen molar-refractivity contribution < 1.29 is 26.0 Å². The van der Waals surface area contributed by atoms with Crippen molar-refractivity contribution >= 4 is 43.6 Å². The van der Waals surface area contributed by atoms with Gasteiger partial charge in [0, 0.05) is 27.1 Å². The zero-order valence-electron chi connectivity index (χ0n) is 38.4. The van der Waals surface area contributed by atoms with Crippen LogP contribution in [-0.2, 0) is 5.41 Å². The highest BCUT2D eigenvalue weighted by Crippen LogP contribution is 2.41. The molecule has 174 valence electrons. The minimum Gasteiger partial charge on any atom is -0.309 e. The lowest BCUT2D eigenvalue weighted by atomic mass is 9.84. The maximum Gasteiger partial charge on any atom is 0.0645 e. The van der Waals surface area contributed by atoms with Gasteiger partial charge in [-0.1, -0.05) is 99.3 Å². The van der Waals surface area contributed by atoms with Gasteiger partial charge >= 0.3 is 0 Å². The molecule has 7 aromatic rings. The fourth-order valence-corrected chi connectivity index (χ4v) is 4.72. The predicted molar refractivity (Wildman–Crippen MR) is 154 cm³/mol. The van der Waals surface area contributed by atoms with Crippen molar-refractivity contribution in [3.63, 3.8) is 0 Å². The van der Waals surface area contributed by atoms with Crippen LogP contribution < -0.4 is 0 Å². The van der Waals surface area contributed by atoms with Crippen LogP contribution in [0.1, 0.15) is 52.4 Å². The van der Waals surface area contributed by atoms with Gasteiger partial charge in [0.05, 0.1) is 59.5 Å². The average molecular weight is 484 g/mol. The molecular formula is C34H28N2. The summed E-state index contributed by atoms with van der Waals surface area (Å²) in [7, 11) is 0. The summed E-state index contributed by atoms with van der Waals surface area (Å²) in [6.45, 7) is 4.86. The normalized spacial score (nSPS) is 19.7. The summed E-state index contributed by atoms with van der Waals surface area (Å²) in [6, 6.07) is -13.3. The second-order valence-electron chi connectivity index (χ2n) is 9.26. The fraction of sp³-hybridized carbons (Fsp3) is 0.118. The molecule has 0 radical (unpaired) electrons. The Morgan fingerprint density at radius 1 is 0.444 bits per heavy atom. The van der Waals surface area contributed by atoms with Crippen LogP contribution in [0.5, 0.6) is 0 Å². The molecule has 0 N–H and O–H groups in total. The lowest BCUT2D eigenvalue weighted by Gasteiger charge is -2.28. The average Bonchev–Trinajstić information content (AvgIpc) is 3.67. The van der Waals surface area contributed by atoms with Gasteiger partial charge in [0.15, 0.2) is 0 Å². The molecule has 0 saturated heterocycles. The maximum atomic E-state index is 9.38. The number of hydrogen-bond acceptors (Lipinski definition) is 0. The number of para-hydroxylation sites is 4. The third-order valence-electron chi connectivity index (χ3n) is 6.10. The molecule has 0 amide bonds. The maximum absolute atomic E-state index is 9.38. The Balaban J connectivity index is 1.91. The van der Waals surface area contributed by atoms with Gasteiger partial charge in [-0.3, -0.25) is 0 Å². The number of nitrogens with zero attached hydrogens (tertiary/aromatic N) is 2. The summed E-state index contributed by atoms with van der Waals surface area (Å²) in [6.07, 6.45) is 0. The molecule has 36 heavy (non-hydrogen) atoms. The summed E-state index contributed by atoms with van der Waals surface area (Å²) in [5, 5.41) is -1.24. The molecule has 0 bridgehead atoms. The van der Waals surface area contributed by atoms with Gasteiger partial charge in [-0.2, -0.15) is 0 Å². The van der Waals surface area contributed by atoms with Gasteiger partial charge in [0.25, 0.3) is 0 Å². The molecule has 2 heteroatoms. The number of rotatable bonds is 2. The number of hydrogen-bond donors (Lipinski definition) is 0. The van der Waals surface area contributed by atoms with E-state index in [4.69, 9.17) is 23.3 Å². The Morgan fingerprint density at radius 3 is 1.06 bits per heavy atom. The highest BCUT2D eigenvalue weighted by Gasteiger charge is 2.27. The Labute approximate surface area is 237 Å². The number of aromatic nitrogens is 2. The van der Waals surface area contributed by atoms with E-state index in [0.717, 1.165) is 9.13 Å². The van der Waals surface area contributed by atoms with Gasteiger partial charge in [0.1, 0.15) is 0 Å². The largest absolute Gasteiger partial charge is 0.309 e. The van der Waals surface area contributed by atoms with Crippen LogP contribution >= 0.6 is 0 Å². The van der Waals surface area contributed by atoms with Crippen molar-refractivity contribution in [2.75, 3.05) is 0 Å². The Bertz CT molecular complexity index is 2610. The van der Waals surface area contributed by atoms with Crippen LogP contribution in [0.4, 0.5) is 0 Å². The second kappa shape index (κ2) is 7.60. The van der Waals surface area contributed by atoms with Crippen molar-refractivity contribution in [1.82, 2.24) is 9.13 Å². The van der Waals surface area contributed by atoms with E-state index in [0.29, 0.717) is 0 Å². The van der Waals surface area contributed by atoms with E-state index in [1.165, 1.54) is 0 Å². The number of fused-ring (bicyclic) bond motifs is 6. The Kier molecular flexibility index (Phi) is 1.96. The molecule has 0 saturated carbocycles. The third-order valence-corrected chi connectivity index (χ3v) is 6.10. The molecule has 0 atom stereocenters. The van der Waals surface area contributed by atoms with Crippen LogP contribution in [0.2, 0.25) is 0 Å². The molecule has 2 aromatic heterocycles. The monoisotopic (exact) mass is 483 g/mol. The van der Waals surface area contributed by atoms with Gasteiger partial charge < -0.3 is 9.13 Å². The van der Waals surface area contributed by atoms with Crippen LogP contribution in [0, 0.1) is 0 Å². The first-order valence-corrected chi connectivity index (χ1v) is 11.1. The summed E-state index contributed by atoms with van der Waals surface area (Å²) >= 11 is 0. The van der Waals surface area contributed by atoms with Crippen molar-refractivity contribution in [3.8, 4) is 11.4 Å². The molecule has 0 fully saturated rings. The van der Waals surface area contributed by atoms with Gasteiger partial charge in [-0.25, -0.2) is 0 Å². The first-order valence-electron chi connectivity index (χ1n) is 20.6. The number of benzene rings is 5. The van der Waals surface area contributed by atoms with E-state index in [1.807, 2.05) is 0 Å². The van der Waals surface area contributed by atoms with Crippen molar-refractivity contribution in [1.29, 1.82) is 0 Å². The van der Waals surface area contributed by atoms with Gasteiger partial charge in [-0.15, -0.1) is 0 Å². The van der Waals surface area contributed by atoms with Crippen LogP contribution in [0.15, 0.2) is 115 Å². The quantitative estimate of drug-likeness (QED) is 0.232. The summed E-state index contributed by atoms with van der Waals surface area (Å²) in [4.78, 5) is 0. The Morgan fingerprint density at radius 2 is 0.750 bits per heavy atom. The molecular weight excluding hydrogens is 436 g/mol. The lowest BCUT2D eigenvalue weighted by Crippen LogP contribution is -2.19. The minimum atomic E-state index is -1.29. The van der Waals surface area contributed by atoms with Gasteiger partial charge in [-0.05, 0) is 41.7 Å². The van der Waals surface area contributed by atoms with Crippen LogP contribution in [0.25, 0.3) is 55.0 Å². The molecule has 0 aliphatic rings. The molecule has 0 unspecified atom stereocenters. The second-order valence-corrected chi connectivity index (χ2v) is 9.26. The highest BCUT2D eigenvalue weighted by atomic mass is 15.0. The van der Waals surface area contributed by atoms with Crippen LogP contribution in [-0.4, -0.2) is 9.13 Å². The van der Waals surface area contributed by atoms with Crippen molar-refractivity contribution in [2.45, 2.75) is 26.2 Å².